The minimum atomic E-state index is -5.08. The molecule has 1 unspecified atom stereocenters. The van der Waals surface area contributed by atoms with E-state index in [1.54, 1.807) is 6.20 Å². The van der Waals surface area contributed by atoms with Crippen LogP contribution in [-0.2, 0) is 9.53 Å². The number of nitrogens with one attached hydrogen (secondary N) is 1. The van der Waals surface area contributed by atoms with Gasteiger partial charge in [-0.1, -0.05) is 24.3 Å². The van der Waals surface area contributed by atoms with Crippen LogP contribution in [-0.4, -0.2) is 69.9 Å². The van der Waals surface area contributed by atoms with Crippen LogP contribution in [0.2, 0.25) is 0 Å². The Balaban J connectivity index is 0.000000344. The number of hydrogen-bond acceptors (Lipinski definition) is 5. The molecule has 2 N–H and O–H groups in total. The molecule has 8 nitrogen and oxygen atoms in total. The van der Waals surface area contributed by atoms with Crippen LogP contribution in [0.15, 0.2) is 54.7 Å². The maximum atomic E-state index is 12.8. The molecule has 1 amide bonds. The van der Waals surface area contributed by atoms with Gasteiger partial charge in [0.25, 0.3) is 5.91 Å². The van der Waals surface area contributed by atoms with Gasteiger partial charge in [-0.05, 0) is 24.6 Å². The fourth-order valence-electron chi connectivity index (χ4n) is 4.09. The molecule has 11 heteroatoms. The van der Waals surface area contributed by atoms with Gasteiger partial charge in [-0.15, -0.1) is 0 Å². The van der Waals surface area contributed by atoms with Crippen LogP contribution in [0.4, 0.5) is 13.2 Å². The third kappa shape index (κ3) is 4.98. The number of hydrogen-bond donors (Lipinski definition) is 2. The number of para-hydroxylation sites is 1. The zero-order valence-electron chi connectivity index (χ0n) is 17.9. The molecule has 2 fully saturated rings. The third-order valence-corrected chi connectivity index (χ3v) is 5.88. The molecule has 1 aromatic carbocycles. The number of halogens is 3. The third-order valence-electron chi connectivity index (χ3n) is 5.88. The van der Waals surface area contributed by atoms with Gasteiger partial charge in [-0.25, -0.2) is 9.78 Å². The Hall–Kier alpha value is -3.60. The van der Waals surface area contributed by atoms with Gasteiger partial charge in [0.15, 0.2) is 0 Å². The smallest absolute Gasteiger partial charge is 0.477 e. The molecule has 1 spiro atoms. The highest BCUT2D eigenvalue weighted by Crippen LogP contribution is 2.40. The molecule has 2 aliphatic rings. The number of alkyl halides is 3. The maximum Gasteiger partial charge on any atom is 0.490 e. The Bertz CT molecular complexity index is 1130. The van der Waals surface area contributed by atoms with Crippen molar-refractivity contribution in [2.24, 2.45) is 5.92 Å². The highest BCUT2D eigenvalue weighted by atomic mass is 19.4. The average molecular weight is 477 g/mol. The molecule has 2 saturated heterocycles. The Kier molecular flexibility index (Phi) is 6.47. The normalized spacial score (nSPS) is 18.8. The number of aliphatic carboxylic acids is 1. The van der Waals surface area contributed by atoms with Crippen LogP contribution in [0.1, 0.15) is 16.9 Å². The molecule has 2 aromatic heterocycles. The highest BCUT2D eigenvalue weighted by molar-refractivity contribution is 5.98. The number of pyridine rings is 1. The van der Waals surface area contributed by atoms with Gasteiger partial charge in [-0.3, -0.25) is 4.79 Å². The topological polar surface area (TPSA) is 105 Å². The van der Waals surface area contributed by atoms with Crippen molar-refractivity contribution in [3.8, 4) is 5.88 Å². The number of nitrogens with zero attached hydrogens (tertiary/aromatic N) is 2. The minimum Gasteiger partial charge on any atom is -0.477 e. The van der Waals surface area contributed by atoms with E-state index in [4.69, 9.17) is 19.4 Å². The lowest BCUT2D eigenvalue weighted by Gasteiger charge is -2.49. The summed E-state index contributed by atoms with van der Waals surface area (Å²) in [6, 6.07) is 15.5. The van der Waals surface area contributed by atoms with Gasteiger partial charge in [-0.2, -0.15) is 13.2 Å². The number of carboxylic acids is 1. The molecule has 0 radical (unpaired) electrons. The number of amides is 1. The van der Waals surface area contributed by atoms with E-state index < -0.39 is 12.1 Å². The quantitative estimate of drug-likeness (QED) is 0.596. The summed E-state index contributed by atoms with van der Waals surface area (Å²) in [5, 5.41) is 8.18. The van der Waals surface area contributed by atoms with Gasteiger partial charge in [0.2, 0.25) is 5.88 Å². The van der Waals surface area contributed by atoms with Crippen molar-refractivity contribution >= 4 is 22.8 Å². The molecular weight excluding hydrogens is 455 g/mol. The van der Waals surface area contributed by atoms with Crippen molar-refractivity contribution in [1.29, 1.82) is 0 Å². The first kappa shape index (κ1) is 23.6. The molecule has 2 aliphatic heterocycles. The second-order valence-electron chi connectivity index (χ2n) is 8.11. The summed E-state index contributed by atoms with van der Waals surface area (Å²) in [6.45, 7) is 2.49. The largest absolute Gasteiger partial charge is 0.490 e. The maximum absolute atomic E-state index is 12.8. The lowest BCUT2D eigenvalue weighted by atomic mass is 9.81. The molecule has 4 heterocycles. The van der Waals surface area contributed by atoms with Crippen LogP contribution in [0.25, 0.3) is 10.9 Å². The highest BCUT2D eigenvalue weighted by Gasteiger charge is 2.55. The number of carboxylic acid groups (broad SMARTS) is 1. The first-order valence-electron chi connectivity index (χ1n) is 10.5. The zero-order chi connectivity index (χ0) is 24.3. The summed E-state index contributed by atoms with van der Waals surface area (Å²) in [7, 11) is 0. The number of benzene rings is 1. The number of likely N-dealkylation sites (tertiary alicyclic amines) is 1. The predicted octanol–water partition coefficient (Wildman–Crippen LogP) is 3.51. The second-order valence-corrected chi connectivity index (χ2v) is 8.11. The first-order valence-corrected chi connectivity index (χ1v) is 10.5. The fourth-order valence-corrected chi connectivity index (χ4v) is 4.09. The predicted molar refractivity (Wildman–Crippen MR) is 114 cm³/mol. The monoisotopic (exact) mass is 477 g/mol. The summed E-state index contributed by atoms with van der Waals surface area (Å²) < 4.78 is 43.6. The van der Waals surface area contributed by atoms with Crippen molar-refractivity contribution in [3.63, 3.8) is 0 Å². The lowest BCUT2D eigenvalue weighted by molar-refractivity contribution is -0.192. The van der Waals surface area contributed by atoms with Crippen molar-refractivity contribution < 1.29 is 37.3 Å². The van der Waals surface area contributed by atoms with Crippen LogP contribution in [0, 0.1) is 5.92 Å². The van der Waals surface area contributed by atoms with E-state index in [0.29, 0.717) is 37.9 Å². The average Bonchev–Trinajstić information content (AvgIpc) is 3.41. The molecule has 0 bridgehead atoms. The SMILES string of the molecule is O=C(O)C(F)(F)F.O=C(c1cc2ccccc2[nH]1)N1CC2(C1)OCCC2COc1ccccn1. The number of H-pyrrole nitrogens is 1. The molecule has 3 aromatic rings. The number of aromatic nitrogens is 2. The van der Waals surface area contributed by atoms with E-state index in [9.17, 15) is 18.0 Å². The van der Waals surface area contributed by atoms with Gasteiger partial charge >= 0.3 is 12.1 Å². The van der Waals surface area contributed by atoms with E-state index in [0.717, 1.165) is 17.3 Å². The van der Waals surface area contributed by atoms with Crippen LogP contribution in [0.3, 0.4) is 0 Å². The zero-order valence-corrected chi connectivity index (χ0v) is 17.9. The molecule has 5 rings (SSSR count). The van der Waals surface area contributed by atoms with Crippen LogP contribution < -0.4 is 4.74 Å². The van der Waals surface area contributed by atoms with Gasteiger partial charge < -0.3 is 24.5 Å². The number of fused-ring (bicyclic) bond motifs is 1. The Morgan fingerprint density at radius 3 is 2.56 bits per heavy atom. The Morgan fingerprint density at radius 1 is 1.21 bits per heavy atom. The number of carbonyl (C=O) groups is 2. The fraction of sp³-hybridized carbons (Fsp3) is 0.348. The number of ether oxygens (including phenoxy) is 2. The number of carbonyl (C=O) groups excluding carboxylic acids is 1. The molecule has 1 atom stereocenters. The van der Waals surface area contributed by atoms with Crippen molar-refractivity contribution in [2.75, 3.05) is 26.3 Å². The second kappa shape index (κ2) is 9.34. The lowest BCUT2D eigenvalue weighted by Crippen LogP contribution is -2.66. The summed E-state index contributed by atoms with van der Waals surface area (Å²) in [6.07, 6.45) is -2.42. The van der Waals surface area contributed by atoms with E-state index in [-0.39, 0.29) is 17.4 Å². The van der Waals surface area contributed by atoms with E-state index in [1.165, 1.54) is 0 Å². The summed E-state index contributed by atoms with van der Waals surface area (Å²) in [5.41, 5.74) is 1.33. The Labute approximate surface area is 192 Å². The molecule has 0 aliphatic carbocycles. The van der Waals surface area contributed by atoms with E-state index in [2.05, 4.69) is 9.97 Å². The van der Waals surface area contributed by atoms with Crippen molar-refractivity contribution in [3.05, 3.63) is 60.4 Å². The van der Waals surface area contributed by atoms with Gasteiger partial charge in [0.05, 0.1) is 19.7 Å². The molecule has 34 heavy (non-hydrogen) atoms. The first-order chi connectivity index (χ1) is 16.2. The molecule has 0 saturated carbocycles. The van der Waals surface area contributed by atoms with Gasteiger partial charge in [0, 0.05) is 35.7 Å². The van der Waals surface area contributed by atoms with Crippen molar-refractivity contribution in [2.45, 2.75) is 18.2 Å². The minimum absolute atomic E-state index is 0.0247. The van der Waals surface area contributed by atoms with Gasteiger partial charge in [0.1, 0.15) is 11.3 Å². The van der Waals surface area contributed by atoms with E-state index >= 15 is 0 Å². The molecular formula is C23H22F3N3O5. The summed E-state index contributed by atoms with van der Waals surface area (Å²) in [4.78, 5) is 31.0. The standard InChI is InChI=1S/C21H21N3O3.C2HF3O2/c25-20(18-11-15-5-1-2-6-17(15)23-18)24-13-21(14-24)16(8-10-27-21)12-26-19-7-3-4-9-22-19;3-2(4,5)1(6)7/h1-7,9,11,16,23H,8,10,12-14H2;(H,6,7). The van der Waals surface area contributed by atoms with Crippen molar-refractivity contribution in [1.82, 2.24) is 14.9 Å². The number of aromatic amines is 1. The number of rotatable bonds is 4. The summed E-state index contributed by atoms with van der Waals surface area (Å²) >= 11 is 0. The summed E-state index contributed by atoms with van der Waals surface area (Å²) in [5.74, 6) is -1.83. The van der Waals surface area contributed by atoms with E-state index in [1.807, 2.05) is 53.4 Å². The van der Waals surface area contributed by atoms with Crippen LogP contribution >= 0.6 is 0 Å². The van der Waals surface area contributed by atoms with Crippen LogP contribution in [0.5, 0.6) is 5.88 Å². The Morgan fingerprint density at radius 2 is 1.91 bits per heavy atom. The molecule has 180 valence electrons.